The predicted molar refractivity (Wildman–Crippen MR) is 202 cm³/mol. The summed E-state index contributed by atoms with van der Waals surface area (Å²) in [5, 5.41) is 5.22. The molecule has 2 saturated carbocycles. The number of piperidine rings is 2. The molecule has 2 N–H and O–H groups in total. The lowest BCUT2D eigenvalue weighted by Crippen LogP contribution is -2.53. The minimum absolute atomic E-state index is 0. The Morgan fingerprint density at radius 3 is 1.94 bits per heavy atom. The molecule has 2 aromatic rings. The molecule has 1 amide bonds. The number of nitrogens with two attached hydrogens (primary N) is 1. The van der Waals surface area contributed by atoms with E-state index in [0.717, 1.165) is 69.0 Å². The van der Waals surface area contributed by atoms with Gasteiger partial charge in [-0.25, -0.2) is 0 Å². The van der Waals surface area contributed by atoms with Gasteiger partial charge in [0.05, 0.1) is 5.41 Å². The second-order valence-corrected chi connectivity index (χ2v) is 15.4. The number of halogens is 2. The zero-order chi connectivity index (χ0) is 33.8. The number of ether oxygens (including phenoxy) is 1. The number of benzene rings is 2. The molecule has 7 rings (SSSR count). The van der Waals surface area contributed by atoms with Crippen molar-refractivity contribution in [3.8, 4) is 0 Å². The Labute approximate surface area is 304 Å². The van der Waals surface area contributed by atoms with Crippen LogP contribution in [-0.2, 0) is 20.4 Å². The first-order valence-corrected chi connectivity index (χ1v) is 19.0. The largest absolute Gasteiger partial charge is 0.381 e. The molecule has 2 aromatic carbocycles. The van der Waals surface area contributed by atoms with Crippen LogP contribution in [0.3, 0.4) is 0 Å². The lowest BCUT2D eigenvalue weighted by molar-refractivity contribution is -0.142. The summed E-state index contributed by atoms with van der Waals surface area (Å²) in [5.41, 5.74) is 16.9. The monoisotopic (exact) mass is 712 g/mol. The summed E-state index contributed by atoms with van der Waals surface area (Å²) in [5.74, 6) is 1.22. The van der Waals surface area contributed by atoms with Crippen molar-refractivity contribution in [3.63, 3.8) is 0 Å². The van der Waals surface area contributed by atoms with Crippen molar-refractivity contribution in [1.29, 1.82) is 0 Å². The van der Waals surface area contributed by atoms with Gasteiger partial charge in [0.2, 0.25) is 5.91 Å². The van der Waals surface area contributed by atoms with E-state index >= 15 is 0 Å². The fourth-order valence-electron chi connectivity index (χ4n) is 8.15. The van der Waals surface area contributed by atoms with Gasteiger partial charge in [-0.3, -0.25) is 4.79 Å². The van der Waals surface area contributed by atoms with Crippen molar-refractivity contribution in [3.05, 3.63) is 80.1 Å². The van der Waals surface area contributed by atoms with E-state index in [1.54, 1.807) is 0 Å². The van der Waals surface area contributed by atoms with Crippen molar-refractivity contribution in [2.24, 2.45) is 22.7 Å². The highest BCUT2D eigenvalue weighted by Gasteiger charge is 2.48. The molecule has 0 unspecified atom stereocenters. The maximum atomic E-state index is 13.2. The van der Waals surface area contributed by atoms with Gasteiger partial charge in [0, 0.05) is 66.3 Å². The van der Waals surface area contributed by atoms with Crippen LogP contribution in [-0.4, -0.2) is 74.7 Å². The SMILES string of the molecule is C.C1CCOC1.NC[C@@H]1CCCN(CC2(c3ccc(Cl)cc3)CCC2)C1.[N-]=[N+]=NC[C@@H]1CCCN(C(=O)C2(c3ccc(Cl)cc3)CCC2)C1. The molecule has 49 heavy (non-hydrogen) atoms. The number of amides is 1. The third-order valence-corrected chi connectivity index (χ3v) is 11.8. The molecule has 0 bridgehead atoms. The van der Waals surface area contributed by atoms with Gasteiger partial charge in [-0.1, -0.05) is 72.8 Å². The molecule has 0 aromatic heterocycles. The van der Waals surface area contributed by atoms with E-state index in [1.165, 1.54) is 70.1 Å². The van der Waals surface area contributed by atoms with E-state index in [1.807, 2.05) is 41.3 Å². The van der Waals surface area contributed by atoms with Crippen LogP contribution in [0.5, 0.6) is 0 Å². The van der Waals surface area contributed by atoms with E-state index in [2.05, 4.69) is 27.1 Å². The molecule has 0 radical (unpaired) electrons. The minimum Gasteiger partial charge on any atom is -0.381 e. The number of carbonyl (C=O) groups is 1. The normalized spacial score (nSPS) is 23.9. The Balaban J connectivity index is 0.000000191. The molecule has 3 saturated heterocycles. The Kier molecular flexibility index (Phi) is 15.6. The number of likely N-dealkylation sites (tertiary alicyclic amines) is 2. The Morgan fingerprint density at radius 2 is 1.43 bits per heavy atom. The molecule has 270 valence electrons. The Hall–Kier alpha value is -2.32. The van der Waals surface area contributed by atoms with Gasteiger partial charge in [-0.15, -0.1) is 0 Å². The van der Waals surface area contributed by atoms with Gasteiger partial charge >= 0.3 is 0 Å². The van der Waals surface area contributed by atoms with Crippen LogP contribution < -0.4 is 5.73 Å². The van der Waals surface area contributed by atoms with Crippen LogP contribution in [0.15, 0.2) is 53.6 Å². The van der Waals surface area contributed by atoms with Crippen molar-refractivity contribution in [2.75, 3.05) is 59.0 Å². The van der Waals surface area contributed by atoms with Crippen LogP contribution in [0, 0.1) is 11.8 Å². The zero-order valence-electron chi connectivity index (χ0n) is 28.5. The number of nitrogens with zero attached hydrogens (tertiary/aromatic N) is 5. The average molecular weight is 714 g/mol. The first-order chi connectivity index (χ1) is 23.4. The second-order valence-electron chi connectivity index (χ2n) is 14.6. The highest BCUT2D eigenvalue weighted by molar-refractivity contribution is 6.30. The molecule has 10 heteroatoms. The summed E-state index contributed by atoms with van der Waals surface area (Å²) in [6.45, 7) is 8.45. The second kappa shape index (κ2) is 19.3. The molecule has 3 aliphatic heterocycles. The Bertz CT molecular complexity index is 1330. The smallest absolute Gasteiger partial charge is 0.233 e. The molecule has 0 spiro atoms. The van der Waals surface area contributed by atoms with E-state index in [9.17, 15) is 4.79 Å². The summed E-state index contributed by atoms with van der Waals surface area (Å²) in [7, 11) is 0. The molecule has 3 heterocycles. The summed E-state index contributed by atoms with van der Waals surface area (Å²) in [4.78, 5) is 20.7. The number of hydrogen-bond donors (Lipinski definition) is 1. The number of carbonyl (C=O) groups excluding carboxylic acids is 1. The Morgan fingerprint density at radius 1 is 0.837 bits per heavy atom. The molecular formula is C39H58Cl2N6O2. The van der Waals surface area contributed by atoms with Crippen LogP contribution in [0.1, 0.15) is 95.6 Å². The maximum Gasteiger partial charge on any atom is 0.233 e. The minimum atomic E-state index is -0.370. The van der Waals surface area contributed by atoms with Crippen molar-refractivity contribution in [1.82, 2.24) is 9.80 Å². The van der Waals surface area contributed by atoms with Gasteiger partial charge in [-0.05, 0) is 130 Å². The molecule has 8 nitrogen and oxygen atoms in total. The van der Waals surface area contributed by atoms with Gasteiger partial charge in [-0.2, -0.15) is 0 Å². The molecule has 2 aliphatic carbocycles. The first-order valence-electron chi connectivity index (χ1n) is 18.2. The quantitative estimate of drug-likeness (QED) is 0.167. The number of azide groups is 1. The molecule has 2 atom stereocenters. The molecule has 5 aliphatic rings. The standard InChI is InChI=1S/C17H21ClN4O.C17H25ClN2.C4H8O.CH4/c18-15-6-4-14(5-7-15)17(8-2-9-17)16(23)22-10-1-3-13(12-22)11-20-21-19;18-16-6-4-15(5-7-16)17(8-2-9-17)13-20-10-1-3-14(11-19)12-20;1-2-4-5-3-1;/h4-7,13H,1-3,8-12H2;4-7,14H,1-3,8-13,19H2;1-4H2;1H4/t13-;14-;;/m00../s1. The maximum absolute atomic E-state index is 13.2. The molecule has 5 fully saturated rings. The molecular weight excluding hydrogens is 655 g/mol. The number of hydrogen-bond acceptors (Lipinski definition) is 5. The fraction of sp³-hybridized carbons (Fsp3) is 0.667. The average Bonchev–Trinajstić information content (AvgIpc) is 3.68. The number of rotatable bonds is 8. The zero-order valence-corrected chi connectivity index (χ0v) is 30.0. The van der Waals surface area contributed by atoms with Gasteiger partial charge < -0.3 is 20.3 Å². The van der Waals surface area contributed by atoms with Gasteiger partial charge in [0.15, 0.2) is 0 Å². The van der Waals surface area contributed by atoms with E-state index in [4.69, 9.17) is 39.2 Å². The van der Waals surface area contributed by atoms with Gasteiger partial charge in [0.25, 0.3) is 0 Å². The first kappa shape index (κ1) is 39.5. The predicted octanol–water partition coefficient (Wildman–Crippen LogP) is 9.18. The van der Waals surface area contributed by atoms with E-state index in [-0.39, 0.29) is 24.7 Å². The van der Waals surface area contributed by atoms with Crippen LogP contribution in [0.4, 0.5) is 0 Å². The van der Waals surface area contributed by atoms with E-state index in [0.29, 0.717) is 29.4 Å². The van der Waals surface area contributed by atoms with E-state index < -0.39 is 0 Å². The summed E-state index contributed by atoms with van der Waals surface area (Å²) >= 11 is 12.0. The third kappa shape index (κ3) is 10.4. The third-order valence-electron chi connectivity index (χ3n) is 11.3. The van der Waals surface area contributed by atoms with Crippen molar-refractivity contribution < 1.29 is 9.53 Å². The lowest BCUT2D eigenvalue weighted by Gasteiger charge is -2.47. The van der Waals surface area contributed by atoms with Gasteiger partial charge in [0.1, 0.15) is 0 Å². The highest BCUT2D eigenvalue weighted by atomic mass is 35.5. The van der Waals surface area contributed by atoms with Crippen LogP contribution in [0.2, 0.25) is 10.0 Å². The van der Waals surface area contributed by atoms with Crippen molar-refractivity contribution >= 4 is 29.1 Å². The lowest BCUT2D eigenvalue weighted by atomic mass is 9.63. The van der Waals surface area contributed by atoms with Crippen LogP contribution >= 0.6 is 23.2 Å². The van der Waals surface area contributed by atoms with Crippen LogP contribution in [0.25, 0.3) is 10.4 Å². The topological polar surface area (TPSA) is 108 Å². The summed E-state index contributed by atoms with van der Waals surface area (Å²) in [6, 6.07) is 16.2. The fourth-order valence-corrected chi connectivity index (χ4v) is 8.40. The van der Waals surface area contributed by atoms with Crippen molar-refractivity contribution in [2.45, 2.75) is 95.3 Å². The summed E-state index contributed by atoms with van der Waals surface area (Å²) in [6.07, 6.45) is 14.1. The summed E-state index contributed by atoms with van der Waals surface area (Å²) < 4.78 is 4.94. The highest BCUT2D eigenvalue weighted by Crippen LogP contribution is 2.46.